The Labute approximate surface area is 87.2 Å². The van der Waals surface area contributed by atoms with Crippen molar-refractivity contribution in [1.29, 1.82) is 0 Å². The molecule has 0 aliphatic rings. The molecular formula is C9H11ClN2O2. The second kappa shape index (κ2) is 4.81. The molecule has 1 aromatic heterocycles. The van der Waals surface area contributed by atoms with E-state index in [4.69, 9.17) is 16.3 Å². The van der Waals surface area contributed by atoms with Gasteiger partial charge in [0.05, 0.1) is 12.2 Å². The maximum Gasteiger partial charge on any atom is 0.254 e. The van der Waals surface area contributed by atoms with Gasteiger partial charge in [-0.25, -0.2) is 4.98 Å². The Morgan fingerprint density at radius 2 is 2.36 bits per heavy atom. The summed E-state index contributed by atoms with van der Waals surface area (Å²) in [5.41, 5.74) is 0.345. The number of nitrogens with one attached hydrogen (secondary N) is 1. The number of nitrogens with zero attached hydrogens (tertiary/aromatic N) is 1. The Morgan fingerprint density at radius 1 is 1.64 bits per heavy atom. The molecule has 5 heteroatoms. The fraction of sp³-hybridized carbons (Fsp3) is 0.333. The van der Waals surface area contributed by atoms with Crippen molar-refractivity contribution < 1.29 is 9.53 Å². The molecule has 0 atom stereocenters. The summed E-state index contributed by atoms with van der Waals surface area (Å²) in [7, 11) is 1.54. The van der Waals surface area contributed by atoms with E-state index >= 15 is 0 Å². The van der Waals surface area contributed by atoms with Crippen molar-refractivity contribution in [3.05, 3.63) is 22.8 Å². The van der Waals surface area contributed by atoms with Crippen molar-refractivity contribution in [2.75, 3.05) is 13.7 Å². The molecule has 1 aromatic rings. The number of pyridine rings is 1. The third-order valence-electron chi connectivity index (χ3n) is 1.59. The minimum Gasteiger partial charge on any atom is -0.478 e. The van der Waals surface area contributed by atoms with Crippen LogP contribution in [0.5, 0.6) is 5.88 Å². The fourth-order valence-corrected chi connectivity index (χ4v) is 1.18. The third-order valence-corrected chi connectivity index (χ3v) is 1.88. The topological polar surface area (TPSA) is 51.2 Å². The van der Waals surface area contributed by atoms with Crippen LogP contribution in [0.3, 0.4) is 0 Å². The molecule has 0 aliphatic carbocycles. The minimum absolute atomic E-state index is 0.148. The molecule has 1 rings (SSSR count). The molecule has 0 saturated carbocycles. The SMILES string of the molecule is CCOc1ccc(C(=O)NC)c(Cl)n1. The van der Waals surface area contributed by atoms with Gasteiger partial charge in [0.2, 0.25) is 5.88 Å². The van der Waals surface area contributed by atoms with Crippen molar-refractivity contribution in [2.45, 2.75) is 6.92 Å². The van der Waals surface area contributed by atoms with E-state index in [1.165, 1.54) is 7.05 Å². The quantitative estimate of drug-likeness (QED) is 0.776. The van der Waals surface area contributed by atoms with Gasteiger partial charge in [-0.1, -0.05) is 11.6 Å². The van der Waals surface area contributed by atoms with Crippen LogP contribution in [-0.4, -0.2) is 24.5 Å². The van der Waals surface area contributed by atoms with E-state index < -0.39 is 0 Å². The number of rotatable bonds is 3. The Hall–Kier alpha value is -1.29. The molecule has 0 saturated heterocycles. The summed E-state index contributed by atoms with van der Waals surface area (Å²) < 4.78 is 5.13. The number of carbonyl (C=O) groups excluding carboxylic acids is 1. The van der Waals surface area contributed by atoms with Crippen LogP contribution in [0.15, 0.2) is 12.1 Å². The summed E-state index contributed by atoms with van der Waals surface area (Å²) in [5, 5.41) is 2.62. The van der Waals surface area contributed by atoms with Crippen molar-refractivity contribution in [1.82, 2.24) is 10.3 Å². The lowest BCUT2D eigenvalue weighted by molar-refractivity contribution is 0.0963. The monoisotopic (exact) mass is 214 g/mol. The van der Waals surface area contributed by atoms with E-state index in [2.05, 4.69) is 10.3 Å². The number of amides is 1. The van der Waals surface area contributed by atoms with Crippen LogP contribution >= 0.6 is 11.6 Å². The largest absolute Gasteiger partial charge is 0.478 e. The van der Waals surface area contributed by atoms with Crippen LogP contribution in [-0.2, 0) is 0 Å². The lowest BCUT2D eigenvalue weighted by Crippen LogP contribution is -2.18. The summed E-state index contributed by atoms with van der Waals surface area (Å²) in [5.74, 6) is 0.163. The maximum atomic E-state index is 11.2. The highest BCUT2D eigenvalue weighted by Gasteiger charge is 2.10. The molecular weight excluding hydrogens is 204 g/mol. The lowest BCUT2D eigenvalue weighted by atomic mass is 10.3. The predicted octanol–water partition coefficient (Wildman–Crippen LogP) is 1.49. The van der Waals surface area contributed by atoms with Crippen molar-refractivity contribution in [3.63, 3.8) is 0 Å². The lowest BCUT2D eigenvalue weighted by Gasteiger charge is -2.05. The Morgan fingerprint density at radius 3 is 2.86 bits per heavy atom. The average molecular weight is 215 g/mol. The summed E-state index contributed by atoms with van der Waals surface area (Å²) in [4.78, 5) is 15.1. The van der Waals surface area contributed by atoms with Crippen molar-refractivity contribution in [2.24, 2.45) is 0 Å². The van der Waals surface area contributed by atoms with E-state index in [9.17, 15) is 4.79 Å². The van der Waals surface area contributed by atoms with Gasteiger partial charge in [0.1, 0.15) is 5.15 Å². The zero-order valence-electron chi connectivity index (χ0n) is 8.00. The molecule has 14 heavy (non-hydrogen) atoms. The zero-order valence-corrected chi connectivity index (χ0v) is 8.76. The highest BCUT2D eigenvalue weighted by molar-refractivity contribution is 6.32. The van der Waals surface area contributed by atoms with Crippen LogP contribution in [0.4, 0.5) is 0 Å². The van der Waals surface area contributed by atoms with Gasteiger partial charge in [0.15, 0.2) is 0 Å². The van der Waals surface area contributed by atoms with E-state index in [1.807, 2.05) is 6.92 Å². The van der Waals surface area contributed by atoms with Crippen LogP contribution in [0.1, 0.15) is 17.3 Å². The number of hydrogen-bond donors (Lipinski definition) is 1. The standard InChI is InChI=1S/C9H11ClN2O2/c1-3-14-7-5-4-6(8(10)12-7)9(13)11-2/h4-5H,3H2,1-2H3,(H,11,13). The molecule has 1 heterocycles. The first-order valence-corrected chi connectivity index (χ1v) is 4.58. The van der Waals surface area contributed by atoms with Crippen LogP contribution in [0.25, 0.3) is 0 Å². The molecule has 0 aromatic carbocycles. The first kappa shape index (κ1) is 10.8. The number of carbonyl (C=O) groups is 1. The normalized spacial score (nSPS) is 9.64. The van der Waals surface area contributed by atoms with Crippen molar-refractivity contribution >= 4 is 17.5 Å². The molecule has 0 bridgehead atoms. The van der Waals surface area contributed by atoms with Gasteiger partial charge in [-0.3, -0.25) is 4.79 Å². The molecule has 0 fully saturated rings. The maximum absolute atomic E-state index is 11.2. The molecule has 4 nitrogen and oxygen atoms in total. The summed E-state index contributed by atoms with van der Waals surface area (Å²) in [6.07, 6.45) is 0. The van der Waals surface area contributed by atoms with Crippen molar-refractivity contribution in [3.8, 4) is 5.88 Å². The predicted molar refractivity (Wildman–Crippen MR) is 53.8 cm³/mol. The highest BCUT2D eigenvalue weighted by Crippen LogP contribution is 2.17. The van der Waals surface area contributed by atoms with E-state index in [0.29, 0.717) is 18.1 Å². The molecule has 0 spiro atoms. The fourth-order valence-electron chi connectivity index (χ4n) is 0.950. The Kier molecular flexibility index (Phi) is 3.71. The summed E-state index contributed by atoms with van der Waals surface area (Å²) in [6.45, 7) is 2.37. The number of halogens is 1. The second-order valence-electron chi connectivity index (χ2n) is 2.50. The van der Waals surface area contributed by atoms with Crippen LogP contribution < -0.4 is 10.1 Å². The molecule has 0 aliphatic heterocycles. The average Bonchev–Trinajstić information content (AvgIpc) is 2.17. The summed E-state index contributed by atoms with van der Waals surface area (Å²) >= 11 is 5.79. The molecule has 0 radical (unpaired) electrons. The van der Waals surface area contributed by atoms with Gasteiger partial charge < -0.3 is 10.1 Å². The smallest absolute Gasteiger partial charge is 0.254 e. The van der Waals surface area contributed by atoms with Gasteiger partial charge in [-0.2, -0.15) is 0 Å². The first-order chi connectivity index (χ1) is 6.69. The Balaban J connectivity index is 2.95. The number of aromatic nitrogens is 1. The van der Waals surface area contributed by atoms with E-state index in [-0.39, 0.29) is 11.1 Å². The molecule has 1 N–H and O–H groups in total. The van der Waals surface area contributed by atoms with Gasteiger partial charge >= 0.3 is 0 Å². The second-order valence-corrected chi connectivity index (χ2v) is 2.86. The van der Waals surface area contributed by atoms with Gasteiger partial charge in [-0.05, 0) is 13.0 Å². The van der Waals surface area contributed by atoms with Gasteiger partial charge in [0.25, 0.3) is 5.91 Å². The van der Waals surface area contributed by atoms with Gasteiger partial charge in [0, 0.05) is 13.1 Å². The summed E-state index contributed by atoms with van der Waals surface area (Å²) in [6, 6.07) is 3.19. The highest BCUT2D eigenvalue weighted by atomic mass is 35.5. The first-order valence-electron chi connectivity index (χ1n) is 4.20. The third kappa shape index (κ3) is 2.35. The van der Waals surface area contributed by atoms with Gasteiger partial charge in [-0.15, -0.1) is 0 Å². The molecule has 76 valence electrons. The number of ether oxygens (including phenoxy) is 1. The molecule has 0 unspecified atom stereocenters. The van der Waals surface area contributed by atoms with E-state index in [1.54, 1.807) is 12.1 Å². The minimum atomic E-state index is -0.259. The van der Waals surface area contributed by atoms with Crippen LogP contribution in [0.2, 0.25) is 5.15 Å². The Bertz CT molecular complexity index is 342. The van der Waals surface area contributed by atoms with Crippen LogP contribution in [0, 0.1) is 0 Å². The number of hydrogen-bond acceptors (Lipinski definition) is 3. The zero-order chi connectivity index (χ0) is 10.6. The van der Waals surface area contributed by atoms with E-state index in [0.717, 1.165) is 0 Å². The molecule has 1 amide bonds.